The summed E-state index contributed by atoms with van der Waals surface area (Å²) in [6.07, 6.45) is -0.835. The molecule has 0 bridgehead atoms. The number of hydrogen-bond acceptors (Lipinski definition) is 6. The zero-order valence-corrected chi connectivity index (χ0v) is 12.3. The molecule has 7 nitrogen and oxygen atoms in total. The second kappa shape index (κ2) is 7.58. The van der Waals surface area contributed by atoms with Crippen LogP contribution >= 0.6 is 11.6 Å². The van der Waals surface area contributed by atoms with Crippen LogP contribution in [0.2, 0.25) is 5.02 Å². The number of ether oxygens (including phenoxy) is 2. The van der Waals surface area contributed by atoms with Gasteiger partial charge in [0.25, 0.3) is 5.69 Å². The first kappa shape index (κ1) is 16.9. The maximum atomic E-state index is 11.9. The summed E-state index contributed by atoms with van der Waals surface area (Å²) in [5.41, 5.74) is -0.397. The molecule has 0 spiro atoms. The van der Waals surface area contributed by atoms with Crippen molar-refractivity contribution in [1.29, 1.82) is 0 Å². The molecule has 8 heteroatoms. The fraction of sp³-hybridized carbons (Fsp3) is 0.385. The fourth-order valence-electron chi connectivity index (χ4n) is 1.53. The second-order valence-electron chi connectivity index (χ2n) is 4.15. The van der Waals surface area contributed by atoms with Gasteiger partial charge in [-0.3, -0.25) is 14.9 Å². The lowest BCUT2D eigenvalue weighted by molar-refractivity contribution is -0.384. The highest BCUT2D eigenvalue weighted by atomic mass is 35.5. The summed E-state index contributed by atoms with van der Waals surface area (Å²) in [6.45, 7) is 3.41. The Labute approximate surface area is 125 Å². The minimum Gasteiger partial charge on any atom is -0.466 e. The number of esters is 2. The van der Waals surface area contributed by atoms with E-state index in [1.54, 1.807) is 6.92 Å². The molecular formula is C13H14ClNO6. The second-order valence-corrected chi connectivity index (χ2v) is 4.55. The monoisotopic (exact) mass is 315 g/mol. The van der Waals surface area contributed by atoms with Gasteiger partial charge in [-0.25, -0.2) is 4.79 Å². The van der Waals surface area contributed by atoms with E-state index in [2.05, 4.69) is 0 Å². The number of rotatable bonds is 6. The van der Waals surface area contributed by atoms with Gasteiger partial charge in [0, 0.05) is 12.1 Å². The zero-order chi connectivity index (χ0) is 16.0. The van der Waals surface area contributed by atoms with Gasteiger partial charge in [-0.15, -0.1) is 0 Å². The Morgan fingerprint density at radius 2 is 2.10 bits per heavy atom. The van der Waals surface area contributed by atoms with Crippen molar-refractivity contribution in [1.82, 2.24) is 0 Å². The predicted molar refractivity (Wildman–Crippen MR) is 74.2 cm³/mol. The van der Waals surface area contributed by atoms with Crippen molar-refractivity contribution in [2.75, 3.05) is 6.61 Å². The maximum absolute atomic E-state index is 11.9. The standard InChI is InChI=1S/C13H14ClNO6/c1-3-20-12(16)6-8(2)21-13(17)10-7-9(15(18)19)4-5-11(10)14/h4-5,7-8H,3,6H2,1-2H3. The van der Waals surface area contributed by atoms with Gasteiger partial charge in [0.05, 0.1) is 28.5 Å². The number of hydrogen-bond donors (Lipinski definition) is 0. The minimum absolute atomic E-state index is 0.0361. The van der Waals surface area contributed by atoms with Gasteiger partial charge in [-0.1, -0.05) is 11.6 Å². The summed E-state index contributed by atoms with van der Waals surface area (Å²) in [5.74, 6) is -1.33. The molecule has 0 radical (unpaired) electrons. The van der Waals surface area contributed by atoms with E-state index < -0.39 is 23.0 Å². The molecule has 0 N–H and O–H groups in total. The van der Waals surface area contributed by atoms with E-state index in [4.69, 9.17) is 21.1 Å². The molecule has 0 aliphatic heterocycles. The third kappa shape index (κ3) is 5.03. The Morgan fingerprint density at radius 3 is 2.67 bits per heavy atom. The van der Waals surface area contributed by atoms with Crippen LogP contribution in [0, 0.1) is 10.1 Å². The van der Waals surface area contributed by atoms with Crippen molar-refractivity contribution in [2.45, 2.75) is 26.4 Å². The number of nitro benzene ring substituents is 1. The lowest BCUT2D eigenvalue weighted by atomic mass is 10.2. The van der Waals surface area contributed by atoms with Gasteiger partial charge in [0.15, 0.2) is 0 Å². The van der Waals surface area contributed by atoms with Crippen LogP contribution in [-0.2, 0) is 14.3 Å². The van der Waals surface area contributed by atoms with Crippen LogP contribution in [0.3, 0.4) is 0 Å². The quantitative estimate of drug-likeness (QED) is 0.455. The third-order valence-corrected chi connectivity index (χ3v) is 2.78. The molecule has 0 aliphatic rings. The SMILES string of the molecule is CCOC(=O)CC(C)OC(=O)c1cc([N+](=O)[O-])ccc1Cl. The third-order valence-electron chi connectivity index (χ3n) is 2.45. The van der Waals surface area contributed by atoms with Gasteiger partial charge < -0.3 is 9.47 Å². The molecule has 0 saturated carbocycles. The van der Waals surface area contributed by atoms with E-state index in [1.165, 1.54) is 19.1 Å². The largest absolute Gasteiger partial charge is 0.466 e. The van der Waals surface area contributed by atoms with Crippen molar-refractivity contribution in [2.24, 2.45) is 0 Å². The number of nitro groups is 1. The summed E-state index contributed by atoms with van der Waals surface area (Å²) >= 11 is 5.82. The Hall–Kier alpha value is -2.15. The summed E-state index contributed by atoms with van der Waals surface area (Å²) in [7, 11) is 0. The normalized spacial score (nSPS) is 11.6. The molecule has 1 aromatic rings. The molecule has 1 aromatic carbocycles. The molecule has 0 amide bonds. The number of halogens is 1. The molecule has 114 valence electrons. The van der Waals surface area contributed by atoms with Gasteiger partial charge >= 0.3 is 11.9 Å². The molecule has 21 heavy (non-hydrogen) atoms. The number of non-ortho nitro benzene ring substituents is 1. The van der Waals surface area contributed by atoms with Crippen LogP contribution in [-0.4, -0.2) is 29.6 Å². The summed E-state index contributed by atoms with van der Waals surface area (Å²) < 4.78 is 9.75. The number of carbonyl (C=O) groups is 2. The summed E-state index contributed by atoms with van der Waals surface area (Å²) in [6, 6.07) is 3.45. The number of nitrogens with zero attached hydrogens (tertiary/aromatic N) is 1. The molecule has 0 heterocycles. The minimum atomic E-state index is -0.833. The average molecular weight is 316 g/mol. The first-order chi connectivity index (χ1) is 9.85. The van der Waals surface area contributed by atoms with Crippen LogP contribution in [0.5, 0.6) is 0 Å². The van der Waals surface area contributed by atoms with Crippen molar-refractivity contribution < 1.29 is 24.0 Å². The van der Waals surface area contributed by atoms with E-state index in [1.807, 2.05) is 0 Å². The first-order valence-electron chi connectivity index (χ1n) is 6.15. The highest BCUT2D eigenvalue weighted by Crippen LogP contribution is 2.23. The Morgan fingerprint density at radius 1 is 1.43 bits per heavy atom. The lowest BCUT2D eigenvalue weighted by Crippen LogP contribution is -2.20. The van der Waals surface area contributed by atoms with Crippen LogP contribution in [0.4, 0.5) is 5.69 Å². The van der Waals surface area contributed by atoms with Crippen molar-refractivity contribution in [3.63, 3.8) is 0 Å². The van der Waals surface area contributed by atoms with E-state index in [9.17, 15) is 19.7 Å². The molecule has 0 aromatic heterocycles. The van der Waals surface area contributed by atoms with E-state index in [0.29, 0.717) is 0 Å². The van der Waals surface area contributed by atoms with E-state index in [0.717, 1.165) is 6.07 Å². The van der Waals surface area contributed by atoms with E-state index >= 15 is 0 Å². The van der Waals surface area contributed by atoms with Gasteiger partial charge in [-0.05, 0) is 19.9 Å². The van der Waals surface area contributed by atoms with Crippen molar-refractivity contribution in [3.8, 4) is 0 Å². The molecule has 0 saturated heterocycles. The zero-order valence-electron chi connectivity index (χ0n) is 11.5. The maximum Gasteiger partial charge on any atom is 0.340 e. The van der Waals surface area contributed by atoms with Crippen LogP contribution in [0.1, 0.15) is 30.6 Å². The predicted octanol–water partition coefficient (Wildman–Crippen LogP) is 2.75. The van der Waals surface area contributed by atoms with Crippen LogP contribution < -0.4 is 0 Å². The Balaban J connectivity index is 2.77. The van der Waals surface area contributed by atoms with E-state index in [-0.39, 0.29) is 29.3 Å². The Bertz CT molecular complexity index is 560. The van der Waals surface area contributed by atoms with Crippen LogP contribution in [0.25, 0.3) is 0 Å². The molecular weight excluding hydrogens is 302 g/mol. The van der Waals surface area contributed by atoms with Crippen molar-refractivity contribution >= 4 is 29.2 Å². The van der Waals surface area contributed by atoms with Gasteiger partial charge in [0.1, 0.15) is 6.10 Å². The number of benzene rings is 1. The lowest BCUT2D eigenvalue weighted by Gasteiger charge is -2.13. The van der Waals surface area contributed by atoms with Gasteiger partial charge in [0.2, 0.25) is 0 Å². The molecule has 1 rings (SSSR count). The summed E-state index contributed by atoms with van der Waals surface area (Å²) in [4.78, 5) is 33.2. The van der Waals surface area contributed by atoms with Crippen LogP contribution in [0.15, 0.2) is 18.2 Å². The number of carbonyl (C=O) groups excluding carboxylic acids is 2. The van der Waals surface area contributed by atoms with Crippen molar-refractivity contribution in [3.05, 3.63) is 38.9 Å². The topological polar surface area (TPSA) is 95.7 Å². The Kier molecular flexibility index (Phi) is 6.10. The molecule has 0 aliphatic carbocycles. The molecule has 0 fully saturated rings. The first-order valence-corrected chi connectivity index (χ1v) is 6.53. The molecule has 1 atom stereocenters. The fourth-order valence-corrected chi connectivity index (χ4v) is 1.72. The highest BCUT2D eigenvalue weighted by molar-refractivity contribution is 6.33. The van der Waals surface area contributed by atoms with Gasteiger partial charge in [-0.2, -0.15) is 0 Å². The molecule has 1 unspecified atom stereocenters. The average Bonchev–Trinajstić information content (AvgIpc) is 2.38. The summed E-state index contributed by atoms with van der Waals surface area (Å²) in [5, 5.41) is 10.7. The highest BCUT2D eigenvalue weighted by Gasteiger charge is 2.20. The smallest absolute Gasteiger partial charge is 0.340 e.